The van der Waals surface area contributed by atoms with Gasteiger partial charge in [-0.25, -0.2) is 9.69 Å². The minimum Gasteiger partial charge on any atom is -0.444 e. The summed E-state index contributed by atoms with van der Waals surface area (Å²) in [6.45, 7) is 12.4. The van der Waals surface area contributed by atoms with Gasteiger partial charge in [0, 0.05) is 47.2 Å². The van der Waals surface area contributed by atoms with Crippen LogP contribution in [0.25, 0.3) is 5.57 Å². The summed E-state index contributed by atoms with van der Waals surface area (Å²) in [5.41, 5.74) is 18.4. The molecule has 1 amide bonds. The molecule has 1 aliphatic carbocycles. The van der Waals surface area contributed by atoms with Gasteiger partial charge >= 0.3 is 6.09 Å². The molecule has 0 spiro atoms. The van der Waals surface area contributed by atoms with Gasteiger partial charge in [-0.2, -0.15) is 0 Å². The van der Waals surface area contributed by atoms with Crippen molar-refractivity contribution in [1.29, 1.82) is 0 Å². The molecule has 0 aromatic heterocycles. The molecule has 1 unspecified atom stereocenters. The van der Waals surface area contributed by atoms with Gasteiger partial charge in [0.05, 0.1) is 5.69 Å². The summed E-state index contributed by atoms with van der Waals surface area (Å²) in [6, 6.07) is 26.1. The highest BCUT2D eigenvalue weighted by Gasteiger charge is 2.43. The molecule has 3 aromatic rings. The van der Waals surface area contributed by atoms with Crippen LogP contribution in [0.1, 0.15) is 64.2 Å². The van der Waals surface area contributed by atoms with Crippen LogP contribution in [0, 0.1) is 5.92 Å². The fourth-order valence-electron chi connectivity index (χ4n) is 7.44. The van der Waals surface area contributed by atoms with Crippen LogP contribution < -0.4 is 10.6 Å². The molecule has 262 valence electrons. The fraction of sp³-hybridized carbons (Fsp3) is 0.289. The Morgan fingerprint density at radius 3 is 2.43 bits per heavy atom. The highest BCUT2D eigenvalue weighted by molar-refractivity contribution is 6.02. The highest BCUT2D eigenvalue weighted by Crippen LogP contribution is 2.48. The van der Waals surface area contributed by atoms with E-state index in [1.807, 2.05) is 56.3 Å². The molecule has 0 fully saturated rings. The van der Waals surface area contributed by atoms with Crippen LogP contribution in [0.2, 0.25) is 0 Å². The number of rotatable bonds is 6. The van der Waals surface area contributed by atoms with Crippen LogP contribution in [0.4, 0.5) is 16.2 Å². The second-order valence-electron chi connectivity index (χ2n) is 13.9. The van der Waals surface area contributed by atoms with Crippen molar-refractivity contribution in [3.63, 3.8) is 0 Å². The summed E-state index contributed by atoms with van der Waals surface area (Å²) in [4.78, 5) is 23.0. The number of hydrogen-bond donors (Lipinski definition) is 1. The van der Waals surface area contributed by atoms with E-state index in [1.54, 1.807) is 4.90 Å². The molecule has 51 heavy (non-hydrogen) atoms. The second kappa shape index (κ2) is 15.4. The Morgan fingerprint density at radius 2 is 1.69 bits per heavy atom. The number of likely N-dealkylation sites (N-methyl/N-ethyl adjacent to an activating group) is 1. The Balaban J connectivity index is 0.00000220. The van der Waals surface area contributed by atoms with Crippen LogP contribution >= 0.6 is 0 Å². The Hall–Kier alpha value is -5.20. The van der Waals surface area contributed by atoms with Gasteiger partial charge in [-0.05, 0) is 89.2 Å². The van der Waals surface area contributed by atoms with Crippen LogP contribution in [-0.4, -0.2) is 36.8 Å². The molecular weight excluding hydrogens is 629 g/mol. The van der Waals surface area contributed by atoms with Gasteiger partial charge in [0.1, 0.15) is 6.61 Å². The molecule has 0 saturated carbocycles. The zero-order valence-electron chi connectivity index (χ0n) is 30.8. The molecule has 0 saturated heterocycles. The average molecular weight is 679 g/mol. The molecule has 2 N–H and O–H groups in total. The Morgan fingerprint density at radius 1 is 0.961 bits per heavy atom. The van der Waals surface area contributed by atoms with Crippen molar-refractivity contribution >= 4 is 28.8 Å². The van der Waals surface area contributed by atoms with Gasteiger partial charge in [0.15, 0.2) is 0 Å². The first-order valence-corrected chi connectivity index (χ1v) is 18.2. The first-order valence-electron chi connectivity index (χ1n) is 18.2. The summed E-state index contributed by atoms with van der Waals surface area (Å²) in [5, 5.41) is 0. The van der Waals surface area contributed by atoms with Crippen molar-refractivity contribution in [2.24, 2.45) is 10.9 Å². The van der Waals surface area contributed by atoms with Crippen LogP contribution in [-0.2, 0) is 16.8 Å². The minimum atomic E-state index is -0.425. The van der Waals surface area contributed by atoms with Gasteiger partial charge < -0.3 is 10.5 Å². The third kappa shape index (κ3) is 7.33. The normalized spacial score (nSPS) is 21.2. The van der Waals surface area contributed by atoms with E-state index >= 15 is 0 Å². The molecule has 1 atom stereocenters. The maximum atomic E-state index is 13.9. The minimum absolute atomic E-state index is 0.159. The highest BCUT2D eigenvalue weighted by atomic mass is 16.6. The van der Waals surface area contributed by atoms with Crippen LogP contribution in [0.3, 0.4) is 0 Å². The number of fused-ring (bicyclic) bond motifs is 1. The predicted molar refractivity (Wildman–Crippen MR) is 212 cm³/mol. The van der Waals surface area contributed by atoms with Crippen molar-refractivity contribution in [1.82, 2.24) is 4.90 Å². The van der Waals surface area contributed by atoms with Gasteiger partial charge in [0.2, 0.25) is 0 Å². The van der Waals surface area contributed by atoms with Gasteiger partial charge in [0.25, 0.3) is 0 Å². The van der Waals surface area contributed by atoms with Crippen molar-refractivity contribution in [3.8, 4) is 0 Å². The molecule has 6 heteroatoms. The second-order valence-corrected chi connectivity index (χ2v) is 13.9. The number of amides is 1. The van der Waals surface area contributed by atoms with Gasteiger partial charge in [-0.1, -0.05) is 120 Å². The summed E-state index contributed by atoms with van der Waals surface area (Å²) < 4.78 is 5.91. The third-order valence-corrected chi connectivity index (χ3v) is 10.1. The lowest BCUT2D eigenvalue weighted by Gasteiger charge is -2.30. The number of allylic oxidation sites excluding steroid dienone is 8. The Labute approximate surface area is 303 Å². The monoisotopic (exact) mass is 678 g/mol. The molecule has 3 heterocycles. The molecule has 6 nitrogen and oxygen atoms in total. The summed E-state index contributed by atoms with van der Waals surface area (Å²) in [5.74, 6) is 0.293. The van der Waals surface area contributed by atoms with E-state index in [0.29, 0.717) is 11.6 Å². The van der Waals surface area contributed by atoms with Crippen molar-refractivity contribution < 1.29 is 9.53 Å². The molecule has 7 rings (SSSR count). The standard InChI is InChI=1S/C43H44N4O2.C2H6/c1-29-35-14-8-10-16-38(35)45-37(29)24-20-32-26-46(4)27-33(41(32)31-12-6-5-7-13-31)21-25-40-43(2,3)36-15-9-11-17-39(36)47(40)42(48)49-28-30-18-22-34(44)23-19-30;1-2/h5-9,11-15,17-25,29H,10,16,26-28,44H2,1-4H3;1-2H3/b24-20+,33-21+,40-25+;. The molecule has 0 bridgehead atoms. The topological polar surface area (TPSA) is 71.2 Å². The number of carbonyl (C=O) groups excluding carboxylic acids is 1. The molecule has 3 aliphatic heterocycles. The lowest BCUT2D eigenvalue weighted by atomic mass is 9.83. The molecular formula is C45H50N4O2. The SMILES string of the molecule is CC.CC1C(/C=C/C2=C(c3ccccc3)C(=C/C=C3/N(C(=O)OCc4ccc(N)cc4)c4ccccc4C3(C)C)/CN(C)C2)=NC2=C1C=CCC2. The number of nitrogens with two attached hydrogens (primary N) is 1. The number of aliphatic imine (C=N–C) groups is 1. The number of carbonyl (C=O) groups is 1. The largest absolute Gasteiger partial charge is 0.444 e. The van der Waals surface area contributed by atoms with E-state index < -0.39 is 11.5 Å². The first kappa shape index (κ1) is 35.6. The van der Waals surface area contributed by atoms with E-state index in [9.17, 15) is 4.79 Å². The maximum absolute atomic E-state index is 13.9. The van der Waals surface area contributed by atoms with Crippen molar-refractivity contribution in [3.05, 3.63) is 160 Å². The number of anilines is 2. The van der Waals surface area contributed by atoms with Gasteiger partial charge in [-0.3, -0.25) is 9.89 Å². The summed E-state index contributed by atoms with van der Waals surface area (Å²) in [7, 11) is 2.16. The summed E-state index contributed by atoms with van der Waals surface area (Å²) in [6.07, 6.45) is 15.0. The molecule has 4 aliphatic rings. The predicted octanol–water partition coefficient (Wildman–Crippen LogP) is 10.2. The number of nitrogen functional groups attached to an aromatic ring is 1. The molecule has 0 radical (unpaired) electrons. The lowest BCUT2D eigenvalue weighted by Crippen LogP contribution is -2.32. The number of para-hydroxylation sites is 1. The number of ether oxygens (including phenoxy) is 1. The quantitative estimate of drug-likeness (QED) is 0.264. The number of benzene rings is 3. The van der Waals surface area contributed by atoms with Crippen LogP contribution in [0.5, 0.6) is 0 Å². The van der Waals surface area contributed by atoms with Crippen molar-refractivity contribution in [2.45, 2.75) is 59.5 Å². The van der Waals surface area contributed by atoms with Crippen molar-refractivity contribution in [2.75, 3.05) is 30.8 Å². The first-order chi connectivity index (χ1) is 24.7. The Bertz CT molecular complexity index is 1990. The Kier molecular flexibility index (Phi) is 10.7. The van der Waals surface area contributed by atoms with Gasteiger partial charge in [-0.15, -0.1) is 0 Å². The van der Waals surface area contributed by atoms with Crippen LogP contribution in [0.15, 0.2) is 148 Å². The summed E-state index contributed by atoms with van der Waals surface area (Å²) >= 11 is 0. The fourth-order valence-corrected chi connectivity index (χ4v) is 7.44. The number of hydrogen-bond acceptors (Lipinski definition) is 5. The van der Waals surface area contributed by atoms with E-state index in [2.05, 4.69) is 106 Å². The van der Waals surface area contributed by atoms with E-state index in [1.165, 1.54) is 33.6 Å². The van der Waals surface area contributed by atoms with E-state index in [-0.39, 0.29) is 6.61 Å². The van der Waals surface area contributed by atoms with E-state index in [4.69, 9.17) is 15.5 Å². The maximum Gasteiger partial charge on any atom is 0.419 e. The molecule has 3 aromatic carbocycles. The zero-order valence-corrected chi connectivity index (χ0v) is 30.8. The lowest BCUT2D eigenvalue weighted by molar-refractivity contribution is 0.148. The van der Waals surface area contributed by atoms with E-state index in [0.717, 1.165) is 54.2 Å². The average Bonchev–Trinajstić information content (AvgIpc) is 3.59. The third-order valence-electron chi connectivity index (χ3n) is 10.1. The smallest absolute Gasteiger partial charge is 0.419 e. The zero-order chi connectivity index (χ0) is 36.1. The number of nitrogens with zero attached hydrogens (tertiary/aromatic N) is 3.